The fourth-order valence-corrected chi connectivity index (χ4v) is 1.72. The molecule has 0 bridgehead atoms. The van der Waals surface area contributed by atoms with Crippen molar-refractivity contribution in [1.82, 2.24) is 5.32 Å². The minimum atomic E-state index is -1.10. The number of amides is 1. The normalized spacial score (nSPS) is 21.7. The minimum absolute atomic E-state index is 0.0332. The molecule has 2 N–H and O–H groups in total. The van der Waals surface area contributed by atoms with Crippen LogP contribution in [0.3, 0.4) is 0 Å². The fraction of sp³-hybridized carbons (Fsp3) is 0.417. The van der Waals surface area contributed by atoms with Gasteiger partial charge in [0.1, 0.15) is 0 Å². The van der Waals surface area contributed by atoms with E-state index in [0.29, 0.717) is 18.8 Å². The second kappa shape index (κ2) is 5.09. The molecule has 1 aliphatic heterocycles. The van der Waals surface area contributed by atoms with Crippen LogP contribution in [0.15, 0.2) is 30.3 Å². The number of nitrogens with one attached hydrogen (secondary N) is 1. The molecule has 2 atom stereocenters. The Labute approximate surface area is 94.2 Å². The smallest absolute Gasteiger partial charge is 0.253 e. The molecule has 1 saturated heterocycles. The van der Waals surface area contributed by atoms with Gasteiger partial charge in [0.25, 0.3) is 5.91 Å². The zero-order valence-corrected chi connectivity index (χ0v) is 8.93. The van der Waals surface area contributed by atoms with E-state index >= 15 is 0 Å². The number of carbonyl (C=O) groups is 1. The standard InChI is InChI=1S/C12H15NO3/c14-11(9-4-2-1-3-5-9)12(15)13-10-6-7-16-8-10/h1-5,10-11,14H,6-8H2,(H,13,15). The summed E-state index contributed by atoms with van der Waals surface area (Å²) < 4.78 is 5.15. The zero-order chi connectivity index (χ0) is 11.4. The third-order valence-electron chi connectivity index (χ3n) is 2.64. The first-order valence-corrected chi connectivity index (χ1v) is 5.38. The molecule has 0 spiro atoms. The first-order valence-electron chi connectivity index (χ1n) is 5.38. The molecule has 1 aromatic rings. The Morgan fingerprint density at radius 2 is 2.19 bits per heavy atom. The quantitative estimate of drug-likeness (QED) is 0.787. The Kier molecular flexibility index (Phi) is 3.54. The number of rotatable bonds is 3. The van der Waals surface area contributed by atoms with E-state index < -0.39 is 6.10 Å². The van der Waals surface area contributed by atoms with Gasteiger partial charge in [-0.3, -0.25) is 4.79 Å². The molecule has 1 fully saturated rings. The molecule has 0 aromatic heterocycles. The van der Waals surface area contributed by atoms with Crippen LogP contribution in [0, 0.1) is 0 Å². The summed E-state index contributed by atoms with van der Waals surface area (Å²) in [6, 6.07) is 8.93. The van der Waals surface area contributed by atoms with Crippen molar-refractivity contribution in [2.75, 3.05) is 13.2 Å². The van der Waals surface area contributed by atoms with E-state index in [9.17, 15) is 9.90 Å². The Morgan fingerprint density at radius 3 is 2.81 bits per heavy atom. The van der Waals surface area contributed by atoms with Gasteiger partial charge in [-0.2, -0.15) is 0 Å². The van der Waals surface area contributed by atoms with Gasteiger partial charge in [0.2, 0.25) is 0 Å². The average molecular weight is 221 g/mol. The third kappa shape index (κ3) is 2.59. The number of aliphatic hydroxyl groups excluding tert-OH is 1. The summed E-state index contributed by atoms with van der Waals surface area (Å²) in [6.07, 6.45) is -0.283. The van der Waals surface area contributed by atoms with E-state index in [4.69, 9.17) is 4.74 Å². The molecule has 2 unspecified atom stereocenters. The number of carbonyl (C=O) groups excluding carboxylic acids is 1. The Morgan fingerprint density at radius 1 is 1.44 bits per heavy atom. The lowest BCUT2D eigenvalue weighted by molar-refractivity contribution is -0.130. The predicted molar refractivity (Wildman–Crippen MR) is 58.8 cm³/mol. The van der Waals surface area contributed by atoms with Gasteiger partial charge in [-0.1, -0.05) is 30.3 Å². The molecule has 1 aromatic carbocycles. The number of hydrogen-bond donors (Lipinski definition) is 2. The molecule has 0 aliphatic carbocycles. The molecule has 0 radical (unpaired) electrons. The maximum absolute atomic E-state index is 11.7. The van der Waals surface area contributed by atoms with Gasteiger partial charge in [0.05, 0.1) is 12.6 Å². The Bertz CT molecular complexity index is 347. The number of aliphatic hydroxyl groups is 1. The summed E-state index contributed by atoms with van der Waals surface area (Å²) in [7, 11) is 0. The van der Waals surface area contributed by atoms with E-state index in [1.807, 2.05) is 6.07 Å². The van der Waals surface area contributed by atoms with Crippen LogP contribution in [-0.4, -0.2) is 30.3 Å². The molecule has 4 nitrogen and oxygen atoms in total. The lowest BCUT2D eigenvalue weighted by Crippen LogP contribution is -2.38. The highest BCUT2D eigenvalue weighted by Gasteiger charge is 2.22. The van der Waals surface area contributed by atoms with Gasteiger partial charge >= 0.3 is 0 Å². The summed E-state index contributed by atoms with van der Waals surface area (Å²) in [5, 5.41) is 12.6. The molecule has 2 rings (SSSR count). The van der Waals surface area contributed by atoms with E-state index in [2.05, 4.69) is 5.32 Å². The van der Waals surface area contributed by atoms with Crippen LogP contribution in [0.5, 0.6) is 0 Å². The van der Waals surface area contributed by atoms with Crippen molar-refractivity contribution in [3.8, 4) is 0 Å². The van der Waals surface area contributed by atoms with Gasteiger partial charge in [-0.15, -0.1) is 0 Å². The van der Waals surface area contributed by atoms with Crippen LogP contribution in [0.4, 0.5) is 0 Å². The van der Waals surface area contributed by atoms with Crippen LogP contribution >= 0.6 is 0 Å². The highest BCUT2D eigenvalue weighted by atomic mass is 16.5. The van der Waals surface area contributed by atoms with E-state index in [0.717, 1.165) is 6.42 Å². The van der Waals surface area contributed by atoms with Gasteiger partial charge in [0, 0.05) is 6.61 Å². The van der Waals surface area contributed by atoms with Crippen LogP contribution in [0.25, 0.3) is 0 Å². The fourth-order valence-electron chi connectivity index (χ4n) is 1.72. The maximum Gasteiger partial charge on any atom is 0.253 e. The lowest BCUT2D eigenvalue weighted by Gasteiger charge is -2.15. The summed E-state index contributed by atoms with van der Waals surface area (Å²) in [5.41, 5.74) is 0.610. The van der Waals surface area contributed by atoms with Crippen molar-refractivity contribution in [1.29, 1.82) is 0 Å². The first-order chi connectivity index (χ1) is 7.77. The number of hydrogen-bond acceptors (Lipinski definition) is 3. The minimum Gasteiger partial charge on any atom is -0.379 e. The molecular weight excluding hydrogens is 206 g/mol. The molecule has 4 heteroatoms. The summed E-state index contributed by atoms with van der Waals surface area (Å²) in [4.78, 5) is 11.7. The van der Waals surface area contributed by atoms with E-state index in [-0.39, 0.29) is 11.9 Å². The van der Waals surface area contributed by atoms with Gasteiger partial charge in [0.15, 0.2) is 6.10 Å². The second-order valence-electron chi connectivity index (χ2n) is 3.88. The molecule has 86 valence electrons. The van der Waals surface area contributed by atoms with E-state index in [1.165, 1.54) is 0 Å². The van der Waals surface area contributed by atoms with Crippen molar-refractivity contribution >= 4 is 5.91 Å². The average Bonchev–Trinajstić information content (AvgIpc) is 2.82. The zero-order valence-electron chi connectivity index (χ0n) is 8.93. The van der Waals surface area contributed by atoms with Crippen LogP contribution < -0.4 is 5.32 Å². The third-order valence-corrected chi connectivity index (χ3v) is 2.64. The predicted octanol–water partition coefficient (Wildman–Crippen LogP) is 0.625. The highest BCUT2D eigenvalue weighted by Crippen LogP contribution is 2.13. The van der Waals surface area contributed by atoms with Gasteiger partial charge < -0.3 is 15.2 Å². The molecule has 0 saturated carbocycles. The van der Waals surface area contributed by atoms with Crippen molar-refractivity contribution in [2.45, 2.75) is 18.6 Å². The monoisotopic (exact) mass is 221 g/mol. The van der Waals surface area contributed by atoms with E-state index in [1.54, 1.807) is 24.3 Å². The number of ether oxygens (including phenoxy) is 1. The first kappa shape index (κ1) is 11.1. The van der Waals surface area contributed by atoms with Crippen molar-refractivity contribution in [3.05, 3.63) is 35.9 Å². The summed E-state index contributed by atoms with van der Waals surface area (Å²) in [5.74, 6) is -0.360. The Balaban J connectivity index is 1.94. The largest absolute Gasteiger partial charge is 0.379 e. The topological polar surface area (TPSA) is 58.6 Å². The molecule has 1 aliphatic rings. The molecule has 16 heavy (non-hydrogen) atoms. The molecular formula is C12H15NO3. The van der Waals surface area contributed by atoms with Crippen molar-refractivity contribution in [2.24, 2.45) is 0 Å². The van der Waals surface area contributed by atoms with Gasteiger partial charge in [-0.05, 0) is 12.0 Å². The van der Waals surface area contributed by atoms with Crippen LogP contribution in [0.1, 0.15) is 18.1 Å². The van der Waals surface area contributed by atoms with Crippen LogP contribution in [-0.2, 0) is 9.53 Å². The summed E-state index contributed by atoms with van der Waals surface area (Å²) >= 11 is 0. The highest BCUT2D eigenvalue weighted by molar-refractivity contribution is 5.82. The maximum atomic E-state index is 11.7. The van der Waals surface area contributed by atoms with Crippen LogP contribution in [0.2, 0.25) is 0 Å². The van der Waals surface area contributed by atoms with Crippen molar-refractivity contribution in [3.63, 3.8) is 0 Å². The Hall–Kier alpha value is -1.39. The second-order valence-corrected chi connectivity index (χ2v) is 3.88. The molecule has 1 heterocycles. The van der Waals surface area contributed by atoms with Gasteiger partial charge in [-0.25, -0.2) is 0 Å². The van der Waals surface area contributed by atoms with Crippen molar-refractivity contribution < 1.29 is 14.6 Å². The number of benzene rings is 1. The summed E-state index contributed by atoms with van der Waals surface area (Å²) in [6.45, 7) is 1.21. The SMILES string of the molecule is O=C(NC1CCOC1)C(O)c1ccccc1. The molecule has 1 amide bonds. The lowest BCUT2D eigenvalue weighted by atomic mass is 10.1.